The lowest BCUT2D eigenvalue weighted by atomic mass is 10.1. The van der Waals surface area contributed by atoms with Crippen molar-refractivity contribution in [1.29, 1.82) is 0 Å². The molecule has 0 aliphatic heterocycles. The first-order valence-electron chi connectivity index (χ1n) is 5.52. The maximum atomic E-state index is 11.8. The predicted molar refractivity (Wildman–Crippen MR) is 75.4 cm³/mol. The third-order valence-corrected chi connectivity index (χ3v) is 3.41. The van der Waals surface area contributed by atoms with Crippen molar-refractivity contribution in [2.45, 2.75) is 33.2 Å². The van der Waals surface area contributed by atoms with E-state index in [1.165, 1.54) is 0 Å². The molecule has 1 aromatic heterocycles. The molecule has 4 heteroatoms. The van der Waals surface area contributed by atoms with Gasteiger partial charge in [0.25, 0.3) is 5.56 Å². The van der Waals surface area contributed by atoms with E-state index >= 15 is 0 Å². The molecule has 1 heterocycles. The molecule has 0 saturated heterocycles. The van der Waals surface area contributed by atoms with Gasteiger partial charge in [-0.05, 0) is 53.4 Å². The quantitative estimate of drug-likeness (QED) is 0.829. The lowest BCUT2D eigenvalue weighted by molar-refractivity contribution is 0.465. The van der Waals surface area contributed by atoms with Crippen LogP contribution in [0.4, 0.5) is 0 Å². The fourth-order valence-electron chi connectivity index (χ4n) is 1.63. The minimum Gasteiger partial charge on any atom is -0.314 e. The summed E-state index contributed by atoms with van der Waals surface area (Å²) in [6, 6.07) is 1.86. The smallest absolute Gasteiger partial charge is 0.253 e. The van der Waals surface area contributed by atoms with Gasteiger partial charge in [-0.1, -0.05) is 6.92 Å². The predicted octanol–water partition coefficient (Wildman–Crippen LogP) is 3.27. The number of halogens is 1. The van der Waals surface area contributed by atoms with Gasteiger partial charge in [0.1, 0.15) is 0 Å². The SMILES string of the molecule is Cc1cc(Br)cn(CCC(C)CCS)c1=O. The lowest BCUT2D eigenvalue weighted by Gasteiger charge is -2.12. The second kappa shape index (κ2) is 6.50. The average Bonchev–Trinajstić information content (AvgIpc) is 2.21. The topological polar surface area (TPSA) is 22.0 Å². The van der Waals surface area contributed by atoms with Crippen LogP contribution < -0.4 is 5.56 Å². The Morgan fingerprint density at radius 2 is 2.19 bits per heavy atom. The van der Waals surface area contributed by atoms with Crippen LogP contribution in [0.5, 0.6) is 0 Å². The third kappa shape index (κ3) is 3.98. The number of hydrogen-bond donors (Lipinski definition) is 1. The summed E-state index contributed by atoms with van der Waals surface area (Å²) in [5.74, 6) is 1.52. The van der Waals surface area contributed by atoms with Crippen LogP contribution in [0.1, 0.15) is 25.3 Å². The molecule has 1 unspecified atom stereocenters. The first-order valence-corrected chi connectivity index (χ1v) is 6.94. The number of aryl methyl sites for hydroxylation is 2. The molecule has 1 rings (SSSR count). The Kier molecular flexibility index (Phi) is 5.62. The summed E-state index contributed by atoms with van der Waals surface area (Å²) in [5, 5.41) is 0. The molecule has 0 aliphatic rings. The molecule has 0 fully saturated rings. The van der Waals surface area contributed by atoms with E-state index in [2.05, 4.69) is 35.5 Å². The minimum atomic E-state index is 0.112. The Balaban J connectivity index is 2.70. The van der Waals surface area contributed by atoms with Crippen LogP contribution in [-0.2, 0) is 6.54 Å². The molecular weight excluding hydrogens is 286 g/mol. The monoisotopic (exact) mass is 303 g/mol. The van der Waals surface area contributed by atoms with Crippen LogP contribution in [0, 0.1) is 12.8 Å². The van der Waals surface area contributed by atoms with E-state index in [0.717, 1.165) is 35.2 Å². The molecule has 0 bridgehead atoms. The van der Waals surface area contributed by atoms with Crippen LogP contribution in [0.15, 0.2) is 21.5 Å². The van der Waals surface area contributed by atoms with Gasteiger partial charge < -0.3 is 4.57 Å². The second-order valence-electron chi connectivity index (χ2n) is 4.25. The van der Waals surface area contributed by atoms with Gasteiger partial charge in [-0.2, -0.15) is 12.6 Å². The van der Waals surface area contributed by atoms with Crippen molar-refractivity contribution < 1.29 is 0 Å². The summed E-state index contributed by atoms with van der Waals surface area (Å²) in [6.45, 7) is 4.83. The second-order valence-corrected chi connectivity index (χ2v) is 5.61. The fourth-order valence-corrected chi connectivity index (χ4v) is 2.66. The van der Waals surface area contributed by atoms with E-state index < -0.39 is 0 Å². The molecule has 90 valence electrons. The van der Waals surface area contributed by atoms with Gasteiger partial charge in [-0.3, -0.25) is 4.79 Å². The van der Waals surface area contributed by atoms with E-state index in [4.69, 9.17) is 0 Å². The van der Waals surface area contributed by atoms with Crippen LogP contribution in [0.2, 0.25) is 0 Å². The number of aromatic nitrogens is 1. The van der Waals surface area contributed by atoms with Crippen LogP contribution in [0.25, 0.3) is 0 Å². The molecule has 0 N–H and O–H groups in total. The van der Waals surface area contributed by atoms with Gasteiger partial charge in [-0.25, -0.2) is 0 Å². The highest BCUT2D eigenvalue weighted by atomic mass is 79.9. The number of hydrogen-bond acceptors (Lipinski definition) is 2. The molecule has 0 aromatic carbocycles. The van der Waals surface area contributed by atoms with Crippen LogP contribution >= 0.6 is 28.6 Å². The van der Waals surface area contributed by atoms with E-state index in [1.807, 2.05) is 19.2 Å². The summed E-state index contributed by atoms with van der Waals surface area (Å²) >= 11 is 7.63. The van der Waals surface area contributed by atoms with Gasteiger partial charge >= 0.3 is 0 Å². The van der Waals surface area contributed by atoms with Crippen molar-refractivity contribution in [3.8, 4) is 0 Å². The summed E-state index contributed by atoms with van der Waals surface area (Å²) in [6.07, 6.45) is 3.99. The summed E-state index contributed by atoms with van der Waals surface area (Å²) < 4.78 is 2.75. The molecule has 0 spiro atoms. The number of rotatable bonds is 5. The molecule has 1 aromatic rings. The Bertz CT molecular complexity index is 402. The molecular formula is C12H18BrNOS. The fraction of sp³-hybridized carbons (Fsp3) is 0.583. The van der Waals surface area contributed by atoms with Gasteiger partial charge in [-0.15, -0.1) is 0 Å². The Morgan fingerprint density at radius 1 is 1.50 bits per heavy atom. The zero-order chi connectivity index (χ0) is 12.1. The van der Waals surface area contributed by atoms with Crippen molar-refractivity contribution in [2.24, 2.45) is 5.92 Å². The van der Waals surface area contributed by atoms with Crippen molar-refractivity contribution in [1.82, 2.24) is 4.57 Å². The van der Waals surface area contributed by atoms with Crippen molar-refractivity contribution in [3.05, 3.63) is 32.7 Å². The van der Waals surface area contributed by atoms with Crippen molar-refractivity contribution in [2.75, 3.05) is 5.75 Å². The summed E-state index contributed by atoms with van der Waals surface area (Å²) in [5.41, 5.74) is 0.900. The molecule has 1 atom stereocenters. The van der Waals surface area contributed by atoms with Gasteiger partial charge in [0.15, 0.2) is 0 Å². The zero-order valence-corrected chi connectivity index (χ0v) is 12.2. The number of pyridine rings is 1. The maximum Gasteiger partial charge on any atom is 0.253 e. The van der Waals surface area contributed by atoms with Crippen LogP contribution in [0.3, 0.4) is 0 Å². The zero-order valence-electron chi connectivity index (χ0n) is 9.74. The molecule has 0 radical (unpaired) electrons. The van der Waals surface area contributed by atoms with Crippen molar-refractivity contribution >= 4 is 28.6 Å². The Hall–Kier alpha value is -0.220. The van der Waals surface area contributed by atoms with Gasteiger partial charge in [0, 0.05) is 22.8 Å². The Labute approximate surface area is 111 Å². The molecule has 0 saturated carbocycles. The molecule has 0 aliphatic carbocycles. The van der Waals surface area contributed by atoms with Gasteiger partial charge in [0.2, 0.25) is 0 Å². The highest BCUT2D eigenvalue weighted by Crippen LogP contribution is 2.12. The average molecular weight is 304 g/mol. The van der Waals surface area contributed by atoms with E-state index in [9.17, 15) is 4.79 Å². The summed E-state index contributed by atoms with van der Waals surface area (Å²) in [7, 11) is 0. The highest BCUT2D eigenvalue weighted by molar-refractivity contribution is 9.10. The summed E-state index contributed by atoms with van der Waals surface area (Å²) in [4.78, 5) is 11.8. The number of thiol groups is 1. The standard InChI is InChI=1S/C12H18BrNOS/c1-9(4-6-16)3-5-14-8-11(13)7-10(2)12(14)15/h7-9,16H,3-6H2,1-2H3. The molecule has 0 amide bonds. The van der Waals surface area contributed by atoms with Crippen LogP contribution in [-0.4, -0.2) is 10.3 Å². The third-order valence-electron chi connectivity index (χ3n) is 2.72. The first kappa shape index (κ1) is 13.8. The molecule has 16 heavy (non-hydrogen) atoms. The van der Waals surface area contributed by atoms with Crippen molar-refractivity contribution in [3.63, 3.8) is 0 Å². The van der Waals surface area contributed by atoms with E-state index in [0.29, 0.717) is 5.92 Å². The van der Waals surface area contributed by atoms with Gasteiger partial charge in [0.05, 0.1) is 0 Å². The highest BCUT2D eigenvalue weighted by Gasteiger charge is 2.05. The minimum absolute atomic E-state index is 0.112. The van der Waals surface area contributed by atoms with E-state index in [1.54, 1.807) is 4.57 Å². The largest absolute Gasteiger partial charge is 0.314 e. The first-order chi connectivity index (χ1) is 7.54. The Morgan fingerprint density at radius 3 is 2.81 bits per heavy atom. The lowest BCUT2D eigenvalue weighted by Crippen LogP contribution is -2.22. The maximum absolute atomic E-state index is 11.8. The molecule has 2 nitrogen and oxygen atoms in total. The normalized spacial score (nSPS) is 12.8. The van der Waals surface area contributed by atoms with E-state index in [-0.39, 0.29) is 5.56 Å². The number of nitrogens with zero attached hydrogens (tertiary/aromatic N) is 1.